The van der Waals surface area contributed by atoms with Crippen LogP contribution in [0.25, 0.3) is 0 Å². The highest BCUT2D eigenvalue weighted by molar-refractivity contribution is 7.90. The van der Waals surface area contributed by atoms with Crippen LogP contribution in [0.3, 0.4) is 0 Å². The minimum atomic E-state index is -3.66. The largest absolute Gasteiger partial charge is 0.304 e. The molecule has 3 aliphatic rings. The van der Waals surface area contributed by atoms with Crippen molar-refractivity contribution in [1.82, 2.24) is 13.6 Å². The van der Waals surface area contributed by atoms with Gasteiger partial charge >= 0.3 is 0 Å². The zero-order valence-electron chi connectivity index (χ0n) is 17.6. The van der Waals surface area contributed by atoms with E-state index in [-0.39, 0.29) is 10.9 Å². The topological polar surface area (TPSA) is 43.9 Å². The van der Waals surface area contributed by atoms with Crippen LogP contribution in [-0.2, 0) is 10.0 Å². The molecule has 1 aromatic carbocycles. The van der Waals surface area contributed by atoms with Gasteiger partial charge in [-0.15, -0.1) is 3.82 Å². The summed E-state index contributed by atoms with van der Waals surface area (Å²) in [5.41, 5.74) is 0. The molecule has 162 valence electrons. The number of nitrogens with zero attached hydrogens (tertiary/aromatic N) is 3. The van der Waals surface area contributed by atoms with Crippen molar-refractivity contribution in [3.05, 3.63) is 30.3 Å². The average molecular weight is 440 g/mol. The Balaban J connectivity index is 1.52. The maximum Gasteiger partial charge on any atom is 0.256 e. The van der Waals surface area contributed by atoms with Gasteiger partial charge in [-0.25, -0.2) is 8.42 Å². The number of piperazine rings is 1. The number of likely N-dealkylation sites (N-methyl/N-ethyl adjacent to an activating group) is 1. The molecule has 0 bridgehead atoms. The van der Waals surface area contributed by atoms with Crippen LogP contribution < -0.4 is 0 Å². The fourth-order valence-corrected chi connectivity index (χ4v) is 7.60. The number of halogens is 1. The number of hydrogen-bond donors (Lipinski definition) is 0. The Kier molecular flexibility index (Phi) is 6.57. The third-order valence-electron chi connectivity index (χ3n) is 7.63. The van der Waals surface area contributed by atoms with Gasteiger partial charge < -0.3 is 4.90 Å². The second kappa shape index (κ2) is 8.83. The highest BCUT2D eigenvalue weighted by atomic mass is 35.5. The molecule has 5 nitrogen and oxygen atoms in total. The molecule has 0 radical (unpaired) electrons. The van der Waals surface area contributed by atoms with Gasteiger partial charge in [-0.2, -0.15) is 0 Å². The molecule has 2 saturated carbocycles. The van der Waals surface area contributed by atoms with Gasteiger partial charge in [-0.1, -0.05) is 25.1 Å². The summed E-state index contributed by atoms with van der Waals surface area (Å²) in [5, 5.41) is 0. The van der Waals surface area contributed by atoms with Crippen molar-refractivity contribution in [2.75, 3.05) is 33.2 Å². The maximum absolute atomic E-state index is 13.1. The van der Waals surface area contributed by atoms with E-state index < -0.39 is 10.0 Å². The highest BCUT2D eigenvalue weighted by Crippen LogP contribution is 2.47. The third kappa shape index (κ3) is 4.38. The summed E-state index contributed by atoms with van der Waals surface area (Å²) in [5.74, 6) is 1.95. The van der Waals surface area contributed by atoms with Crippen LogP contribution in [0.4, 0.5) is 0 Å². The maximum atomic E-state index is 13.1. The number of fused-ring (bicyclic) bond motifs is 1. The van der Waals surface area contributed by atoms with E-state index in [1.54, 1.807) is 24.3 Å². The monoisotopic (exact) mass is 439 g/mol. The third-order valence-corrected chi connectivity index (χ3v) is 10.1. The summed E-state index contributed by atoms with van der Waals surface area (Å²) in [6.07, 6.45) is 5.33. The molecule has 0 spiro atoms. The van der Waals surface area contributed by atoms with Crippen LogP contribution in [0, 0.1) is 17.8 Å². The molecule has 2 aliphatic carbocycles. The lowest BCUT2D eigenvalue weighted by Crippen LogP contribution is -2.56. The summed E-state index contributed by atoms with van der Waals surface area (Å²) in [4.78, 5) is 5.36. The number of hydrogen-bond acceptors (Lipinski definition) is 4. The van der Waals surface area contributed by atoms with Gasteiger partial charge in [0.2, 0.25) is 0 Å². The van der Waals surface area contributed by atoms with E-state index in [9.17, 15) is 8.42 Å². The van der Waals surface area contributed by atoms with E-state index in [0.29, 0.717) is 17.9 Å². The Morgan fingerprint density at radius 3 is 2.34 bits per heavy atom. The Morgan fingerprint density at radius 2 is 1.66 bits per heavy atom. The van der Waals surface area contributed by atoms with Gasteiger partial charge in [0.1, 0.15) is 0 Å². The lowest BCUT2D eigenvalue weighted by Gasteiger charge is -2.52. The molecular formula is C22H34ClN3O2S. The quantitative estimate of drug-likeness (QED) is 0.671. The van der Waals surface area contributed by atoms with Crippen LogP contribution in [0.2, 0.25) is 0 Å². The molecule has 4 rings (SSSR count). The first kappa shape index (κ1) is 21.6. The fourth-order valence-electron chi connectivity index (χ4n) is 5.90. The fraction of sp³-hybridized carbons (Fsp3) is 0.727. The lowest BCUT2D eigenvalue weighted by molar-refractivity contribution is -0.0154. The van der Waals surface area contributed by atoms with Crippen molar-refractivity contribution >= 4 is 21.8 Å². The SMILES string of the molecule is CC1CCC(N2CCN(C)CC2)C2C[C@H](N(Cl)S(=O)(=O)c3ccccc3)CCC12. The Hall–Kier alpha value is -0.660. The number of rotatable bonds is 4. The molecule has 29 heavy (non-hydrogen) atoms. The normalized spacial score (nSPS) is 34.8. The molecule has 0 aromatic heterocycles. The molecule has 3 fully saturated rings. The number of benzene rings is 1. The average Bonchev–Trinajstić information content (AvgIpc) is 2.74. The number of sulfonamides is 1. The van der Waals surface area contributed by atoms with Crippen molar-refractivity contribution in [3.8, 4) is 0 Å². The van der Waals surface area contributed by atoms with Gasteiger partial charge in [0.15, 0.2) is 0 Å². The zero-order valence-corrected chi connectivity index (χ0v) is 19.2. The molecule has 7 heteroatoms. The highest BCUT2D eigenvalue weighted by Gasteiger charge is 2.46. The summed E-state index contributed by atoms with van der Waals surface area (Å²) in [6, 6.07) is 9.03. The molecule has 1 aliphatic heterocycles. The van der Waals surface area contributed by atoms with E-state index in [2.05, 4.69) is 23.8 Å². The van der Waals surface area contributed by atoms with E-state index in [1.165, 1.54) is 12.8 Å². The summed E-state index contributed by atoms with van der Waals surface area (Å²) >= 11 is 6.53. The minimum absolute atomic E-state index is 0.122. The Morgan fingerprint density at radius 1 is 0.966 bits per heavy atom. The van der Waals surface area contributed by atoms with Crippen LogP contribution >= 0.6 is 11.8 Å². The second-order valence-corrected chi connectivity index (χ2v) is 11.7. The van der Waals surface area contributed by atoms with Crippen molar-refractivity contribution in [1.29, 1.82) is 0 Å². The van der Waals surface area contributed by atoms with E-state index in [4.69, 9.17) is 11.8 Å². The molecule has 1 heterocycles. The predicted molar refractivity (Wildman–Crippen MR) is 117 cm³/mol. The van der Waals surface area contributed by atoms with Gasteiger partial charge in [-0.3, -0.25) is 4.90 Å². The minimum Gasteiger partial charge on any atom is -0.304 e. The van der Waals surface area contributed by atoms with Crippen molar-refractivity contribution in [2.24, 2.45) is 17.8 Å². The zero-order chi connectivity index (χ0) is 20.6. The van der Waals surface area contributed by atoms with E-state index in [1.807, 2.05) is 6.07 Å². The lowest BCUT2D eigenvalue weighted by atomic mass is 9.62. The van der Waals surface area contributed by atoms with Crippen molar-refractivity contribution in [2.45, 2.75) is 56.0 Å². The Bertz CT molecular complexity index is 783. The molecule has 0 N–H and O–H groups in total. The summed E-state index contributed by atoms with van der Waals surface area (Å²) in [6.45, 7) is 6.87. The van der Waals surface area contributed by atoms with E-state index >= 15 is 0 Å². The smallest absolute Gasteiger partial charge is 0.256 e. The van der Waals surface area contributed by atoms with Gasteiger partial charge in [0, 0.05) is 38.3 Å². The van der Waals surface area contributed by atoms with E-state index in [0.717, 1.165) is 55.2 Å². The first-order valence-corrected chi connectivity index (χ1v) is 12.8. The van der Waals surface area contributed by atoms with Crippen LogP contribution in [0.1, 0.15) is 39.0 Å². The predicted octanol–water partition coefficient (Wildman–Crippen LogP) is 3.66. The second-order valence-electron chi connectivity index (χ2n) is 9.32. The molecular weight excluding hydrogens is 406 g/mol. The van der Waals surface area contributed by atoms with Crippen molar-refractivity contribution < 1.29 is 8.42 Å². The van der Waals surface area contributed by atoms with Gasteiger partial charge in [0.25, 0.3) is 10.0 Å². The van der Waals surface area contributed by atoms with Gasteiger partial charge in [-0.05, 0) is 80.8 Å². The first-order valence-electron chi connectivity index (χ1n) is 11.1. The summed E-state index contributed by atoms with van der Waals surface area (Å²) in [7, 11) is -1.47. The molecule has 1 saturated heterocycles. The molecule has 4 unspecified atom stereocenters. The Labute approximate surface area is 181 Å². The molecule has 0 amide bonds. The van der Waals surface area contributed by atoms with Gasteiger partial charge in [0.05, 0.1) is 4.90 Å². The van der Waals surface area contributed by atoms with Crippen molar-refractivity contribution in [3.63, 3.8) is 0 Å². The molecule has 5 atom stereocenters. The van der Waals surface area contributed by atoms with Crippen LogP contribution in [0.15, 0.2) is 35.2 Å². The summed E-state index contributed by atoms with van der Waals surface area (Å²) < 4.78 is 27.3. The van der Waals surface area contributed by atoms with Crippen LogP contribution in [-0.4, -0.2) is 67.4 Å². The molecule has 1 aromatic rings. The first-order chi connectivity index (χ1) is 13.9. The van der Waals surface area contributed by atoms with Crippen LogP contribution in [0.5, 0.6) is 0 Å². The standard InChI is InChI=1S/C22H34ClN3O2S/c1-17-8-11-22(25-14-12-24(2)13-15-25)21-16-18(9-10-20(17)21)26(23)29(27,28)19-6-4-3-5-7-19/h3-7,17-18,20-22H,8-16H2,1-2H3/t17?,18-,20?,21?,22?/m1/s1.